The van der Waals surface area contributed by atoms with Crippen LogP contribution >= 0.6 is 0 Å². The number of hydrogen-bond donors (Lipinski definition) is 2. The number of likely N-dealkylation sites (tertiary alicyclic amines) is 1. The van der Waals surface area contributed by atoms with Gasteiger partial charge < -0.3 is 15.1 Å². The van der Waals surface area contributed by atoms with Gasteiger partial charge >= 0.3 is 0 Å². The average Bonchev–Trinajstić information content (AvgIpc) is 2.62. The van der Waals surface area contributed by atoms with Gasteiger partial charge in [0.25, 0.3) is 5.91 Å². The standard InChI is InChI=1S/C19H24N2O3/c1-2-9-19(13-22)10-11-21(12-17(19)23)18(24)16-8-7-14-5-3-4-6-15(14)20-16/h3-8,17,22-23H,2,9-13H2,1H3/t17-,19-/m1/s1. The first kappa shape index (κ1) is 16.9. The molecule has 1 saturated heterocycles. The van der Waals surface area contributed by atoms with Gasteiger partial charge in [0, 0.05) is 23.9 Å². The summed E-state index contributed by atoms with van der Waals surface area (Å²) in [6.45, 7) is 2.78. The van der Waals surface area contributed by atoms with E-state index >= 15 is 0 Å². The summed E-state index contributed by atoms with van der Waals surface area (Å²) in [4.78, 5) is 18.8. The lowest BCUT2D eigenvalue weighted by molar-refractivity contribution is -0.0714. The number of hydrogen-bond acceptors (Lipinski definition) is 4. The molecule has 24 heavy (non-hydrogen) atoms. The van der Waals surface area contributed by atoms with Crippen LogP contribution in [0.1, 0.15) is 36.7 Å². The lowest BCUT2D eigenvalue weighted by Gasteiger charge is -2.44. The van der Waals surface area contributed by atoms with E-state index in [1.165, 1.54) is 0 Å². The Morgan fingerprint density at radius 2 is 2.12 bits per heavy atom. The summed E-state index contributed by atoms with van der Waals surface area (Å²) in [7, 11) is 0. The fourth-order valence-electron chi connectivity index (χ4n) is 3.60. The van der Waals surface area contributed by atoms with Gasteiger partial charge in [0.05, 0.1) is 18.2 Å². The zero-order valence-electron chi connectivity index (χ0n) is 14.0. The van der Waals surface area contributed by atoms with Crippen molar-refractivity contribution in [3.8, 4) is 0 Å². The molecule has 1 amide bonds. The number of amides is 1. The van der Waals surface area contributed by atoms with Crippen molar-refractivity contribution in [1.29, 1.82) is 0 Å². The number of carbonyl (C=O) groups is 1. The maximum Gasteiger partial charge on any atom is 0.272 e. The number of aromatic nitrogens is 1. The van der Waals surface area contributed by atoms with Gasteiger partial charge in [-0.15, -0.1) is 0 Å². The third-order valence-electron chi connectivity index (χ3n) is 5.15. The Morgan fingerprint density at radius 3 is 2.83 bits per heavy atom. The van der Waals surface area contributed by atoms with E-state index in [9.17, 15) is 15.0 Å². The van der Waals surface area contributed by atoms with Crippen LogP contribution in [0.15, 0.2) is 36.4 Å². The van der Waals surface area contributed by atoms with Gasteiger partial charge in [-0.05, 0) is 25.0 Å². The number of aliphatic hydroxyl groups is 2. The Kier molecular flexibility index (Phi) is 4.83. The molecule has 2 aromatic rings. The lowest BCUT2D eigenvalue weighted by atomic mass is 9.73. The molecule has 1 aliphatic rings. The van der Waals surface area contributed by atoms with E-state index in [0.717, 1.165) is 23.7 Å². The van der Waals surface area contributed by atoms with Crippen molar-refractivity contribution in [2.75, 3.05) is 19.7 Å². The van der Waals surface area contributed by atoms with Crippen molar-refractivity contribution in [1.82, 2.24) is 9.88 Å². The van der Waals surface area contributed by atoms with Crippen molar-refractivity contribution in [2.45, 2.75) is 32.3 Å². The summed E-state index contributed by atoms with van der Waals surface area (Å²) in [5, 5.41) is 21.2. The highest BCUT2D eigenvalue weighted by molar-refractivity contribution is 5.95. The number of piperidine rings is 1. The smallest absolute Gasteiger partial charge is 0.272 e. The van der Waals surface area contributed by atoms with Crippen LogP contribution in [0.4, 0.5) is 0 Å². The normalized spacial score (nSPS) is 24.3. The first-order chi connectivity index (χ1) is 11.6. The minimum atomic E-state index is -0.708. The van der Waals surface area contributed by atoms with Crippen molar-refractivity contribution in [2.24, 2.45) is 5.41 Å². The number of pyridine rings is 1. The van der Waals surface area contributed by atoms with E-state index in [4.69, 9.17) is 0 Å². The molecule has 0 unspecified atom stereocenters. The van der Waals surface area contributed by atoms with Gasteiger partial charge in [-0.1, -0.05) is 37.6 Å². The number of aliphatic hydroxyl groups excluding tert-OH is 2. The summed E-state index contributed by atoms with van der Waals surface area (Å²) in [5.74, 6) is -0.164. The molecule has 0 spiro atoms. The van der Waals surface area contributed by atoms with Gasteiger partial charge in [0.15, 0.2) is 0 Å². The molecule has 0 bridgehead atoms. The van der Waals surface area contributed by atoms with E-state index in [1.807, 2.05) is 37.3 Å². The second-order valence-corrected chi connectivity index (χ2v) is 6.68. The van der Waals surface area contributed by atoms with Crippen molar-refractivity contribution < 1.29 is 15.0 Å². The van der Waals surface area contributed by atoms with Crippen LogP contribution in [-0.4, -0.2) is 51.8 Å². The van der Waals surface area contributed by atoms with E-state index in [-0.39, 0.29) is 19.1 Å². The maximum atomic E-state index is 12.7. The molecule has 5 nitrogen and oxygen atoms in total. The Hall–Kier alpha value is -1.98. The van der Waals surface area contributed by atoms with E-state index in [1.54, 1.807) is 11.0 Å². The molecule has 1 fully saturated rings. The van der Waals surface area contributed by atoms with Crippen LogP contribution in [0.2, 0.25) is 0 Å². The summed E-state index contributed by atoms with van der Waals surface area (Å²) in [6.07, 6.45) is 1.57. The molecular formula is C19H24N2O3. The highest BCUT2D eigenvalue weighted by atomic mass is 16.3. The predicted molar refractivity (Wildman–Crippen MR) is 92.7 cm³/mol. The fraction of sp³-hybridized carbons (Fsp3) is 0.474. The van der Waals surface area contributed by atoms with Crippen LogP contribution in [0.3, 0.4) is 0 Å². The third-order valence-corrected chi connectivity index (χ3v) is 5.15. The van der Waals surface area contributed by atoms with Gasteiger partial charge in [-0.25, -0.2) is 4.98 Å². The lowest BCUT2D eigenvalue weighted by Crippen LogP contribution is -2.54. The fourth-order valence-corrected chi connectivity index (χ4v) is 3.60. The number of carbonyl (C=O) groups excluding carboxylic acids is 1. The topological polar surface area (TPSA) is 73.7 Å². The Bertz CT molecular complexity index is 733. The molecule has 0 aliphatic carbocycles. The van der Waals surface area contributed by atoms with Crippen molar-refractivity contribution in [3.05, 3.63) is 42.1 Å². The van der Waals surface area contributed by atoms with Gasteiger partial charge in [-0.2, -0.15) is 0 Å². The van der Waals surface area contributed by atoms with Crippen LogP contribution in [0, 0.1) is 5.41 Å². The largest absolute Gasteiger partial charge is 0.396 e. The second kappa shape index (κ2) is 6.87. The minimum Gasteiger partial charge on any atom is -0.396 e. The molecule has 1 aromatic heterocycles. The molecule has 2 N–H and O–H groups in total. The molecular weight excluding hydrogens is 304 g/mol. The number of benzene rings is 1. The molecule has 3 rings (SSSR count). The number of fused-ring (bicyclic) bond motifs is 1. The van der Waals surface area contributed by atoms with Gasteiger partial charge in [0.1, 0.15) is 5.69 Å². The zero-order valence-corrected chi connectivity index (χ0v) is 14.0. The van der Waals surface area contributed by atoms with Gasteiger partial charge in [0.2, 0.25) is 0 Å². The molecule has 2 atom stereocenters. The monoisotopic (exact) mass is 328 g/mol. The van der Waals surface area contributed by atoms with E-state index < -0.39 is 11.5 Å². The molecule has 0 radical (unpaired) electrons. The number of nitrogens with zero attached hydrogens (tertiary/aromatic N) is 2. The van der Waals surface area contributed by atoms with E-state index in [0.29, 0.717) is 18.7 Å². The number of β-amino-alcohol motifs (C(OH)–C–C–N with tert-alkyl or cyclic N) is 1. The van der Waals surface area contributed by atoms with Crippen molar-refractivity contribution in [3.63, 3.8) is 0 Å². The molecule has 0 saturated carbocycles. The maximum absolute atomic E-state index is 12.7. The quantitative estimate of drug-likeness (QED) is 0.902. The van der Waals surface area contributed by atoms with Crippen LogP contribution in [0.25, 0.3) is 10.9 Å². The van der Waals surface area contributed by atoms with Crippen LogP contribution in [0.5, 0.6) is 0 Å². The van der Waals surface area contributed by atoms with E-state index in [2.05, 4.69) is 4.98 Å². The van der Waals surface area contributed by atoms with Crippen LogP contribution in [-0.2, 0) is 0 Å². The Balaban J connectivity index is 1.78. The summed E-state index contributed by atoms with van der Waals surface area (Å²) in [6, 6.07) is 11.3. The molecule has 128 valence electrons. The van der Waals surface area contributed by atoms with Crippen LogP contribution < -0.4 is 0 Å². The summed E-state index contributed by atoms with van der Waals surface area (Å²) in [5.41, 5.74) is 0.701. The summed E-state index contributed by atoms with van der Waals surface area (Å²) < 4.78 is 0. The third kappa shape index (κ3) is 3.01. The first-order valence-corrected chi connectivity index (χ1v) is 8.53. The highest BCUT2D eigenvalue weighted by Crippen LogP contribution is 2.36. The Labute approximate surface area is 141 Å². The molecule has 5 heteroatoms. The zero-order chi connectivity index (χ0) is 17.2. The summed E-state index contributed by atoms with van der Waals surface area (Å²) >= 11 is 0. The minimum absolute atomic E-state index is 0.0434. The highest BCUT2D eigenvalue weighted by Gasteiger charge is 2.42. The predicted octanol–water partition coefficient (Wildman–Crippen LogP) is 2.22. The molecule has 2 heterocycles. The average molecular weight is 328 g/mol. The van der Waals surface area contributed by atoms with Crippen molar-refractivity contribution >= 4 is 16.8 Å². The molecule has 1 aromatic carbocycles. The Morgan fingerprint density at radius 1 is 1.33 bits per heavy atom. The van der Waals surface area contributed by atoms with Gasteiger partial charge in [-0.3, -0.25) is 4.79 Å². The second-order valence-electron chi connectivity index (χ2n) is 6.68. The number of para-hydroxylation sites is 1. The number of rotatable bonds is 4. The molecule has 1 aliphatic heterocycles. The SMILES string of the molecule is CCC[C@]1(CO)CCN(C(=O)c2ccc3ccccc3n2)C[C@H]1O. The first-order valence-electron chi connectivity index (χ1n) is 8.53.